The summed E-state index contributed by atoms with van der Waals surface area (Å²) in [6.45, 7) is 5.99. The number of hydrogen-bond acceptors (Lipinski definition) is 2. The van der Waals surface area contributed by atoms with Crippen LogP contribution >= 0.6 is 0 Å². The molecule has 0 fully saturated rings. The highest BCUT2D eigenvalue weighted by Gasteiger charge is 2.02. The zero-order chi connectivity index (χ0) is 11.3. The third-order valence-corrected chi connectivity index (χ3v) is 2.07. The van der Waals surface area contributed by atoms with Crippen molar-refractivity contribution in [2.75, 3.05) is 0 Å². The lowest BCUT2D eigenvalue weighted by Crippen LogP contribution is -1.86. The molecule has 3 heteroatoms. The van der Waals surface area contributed by atoms with Gasteiger partial charge in [0.05, 0.1) is 5.69 Å². The molecule has 0 radical (unpaired) electrons. The summed E-state index contributed by atoms with van der Waals surface area (Å²) in [6.07, 6.45) is 5.59. The van der Waals surface area contributed by atoms with E-state index in [9.17, 15) is 0 Å². The lowest BCUT2D eigenvalue weighted by Gasteiger charge is -1.92. The molecule has 0 amide bonds. The van der Waals surface area contributed by atoms with Gasteiger partial charge in [0.25, 0.3) is 0 Å². The fraction of sp³-hybridized carbons (Fsp3) is 0.333. The first-order chi connectivity index (χ1) is 7.27. The predicted octanol–water partition coefficient (Wildman–Crippen LogP) is 2.82. The zero-order valence-electron chi connectivity index (χ0n) is 9.73. The number of aromatic nitrogens is 3. The van der Waals surface area contributed by atoms with Gasteiger partial charge in [-0.3, -0.25) is 4.98 Å². The van der Waals surface area contributed by atoms with Crippen molar-refractivity contribution in [3.05, 3.63) is 36.5 Å². The molecular weight excluding hydrogens is 186 g/mol. The third-order valence-electron chi connectivity index (χ3n) is 2.07. The molecule has 0 aliphatic heterocycles. The van der Waals surface area contributed by atoms with Gasteiger partial charge < -0.3 is 4.57 Å². The Morgan fingerprint density at radius 2 is 2.00 bits per heavy atom. The van der Waals surface area contributed by atoms with Gasteiger partial charge in [0.15, 0.2) is 0 Å². The lowest BCUT2D eigenvalue weighted by molar-refractivity contribution is 0.858. The van der Waals surface area contributed by atoms with Crippen LogP contribution in [0.25, 0.3) is 11.3 Å². The van der Waals surface area contributed by atoms with Crippen LogP contribution in [0.5, 0.6) is 0 Å². The van der Waals surface area contributed by atoms with Crippen molar-refractivity contribution < 1.29 is 0 Å². The second-order valence-corrected chi connectivity index (χ2v) is 3.03. The molecule has 0 N–H and O–H groups in total. The summed E-state index contributed by atoms with van der Waals surface area (Å²) in [4.78, 5) is 8.45. The number of pyridine rings is 1. The van der Waals surface area contributed by atoms with Gasteiger partial charge in [-0.25, -0.2) is 4.98 Å². The Balaban J connectivity index is 0.000000531. The summed E-state index contributed by atoms with van der Waals surface area (Å²) >= 11 is 0. The normalized spacial score (nSPS) is 9.33. The smallest absolute Gasteiger partial charge is 0.105 e. The van der Waals surface area contributed by atoms with Crippen LogP contribution in [-0.4, -0.2) is 14.5 Å². The maximum atomic E-state index is 4.40. The molecule has 0 spiro atoms. The van der Waals surface area contributed by atoms with Crippen molar-refractivity contribution >= 4 is 0 Å². The Labute approximate surface area is 90.8 Å². The molecule has 0 saturated heterocycles. The van der Waals surface area contributed by atoms with E-state index in [1.54, 1.807) is 6.20 Å². The van der Waals surface area contributed by atoms with E-state index in [2.05, 4.69) is 9.97 Å². The molecule has 0 unspecified atom stereocenters. The Morgan fingerprint density at radius 3 is 2.47 bits per heavy atom. The fourth-order valence-corrected chi connectivity index (χ4v) is 1.21. The largest absolute Gasteiger partial charge is 0.338 e. The van der Waals surface area contributed by atoms with Crippen LogP contribution in [0.4, 0.5) is 0 Å². The molecule has 2 rings (SSSR count). The minimum Gasteiger partial charge on any atom is -0.338 e. The van der Waals surface area contributed by atoms with E-state index in [0.29, 0.717) is 0 Å². The molecule has 0 saturated carbocycles. The molecular formula is C12H17N3. The highest BCUT2D eigenvalue weighted by molar-refractivity contribution is 5.56. The summed E-state index contributed by atoms with van der Waals surface area (Å²) in [5.41, 5.74) is 2.04. The first-order valence-corrected chi connectivity index (χ1v) is 5.18. The number of rotatable bonds is 1. The molecule has 0 aliphatic rings. The standard InChI is InChI=1S/C10H11N3.C2H6/c1-8-12-10(7-13(8)2)9-4-3-5-11-6-9;1-2/h3-7H,1-2H3;1-2H3. The van der Waals surface area contributed by atoms with Crippen LogP contribution in [0.15, 0.2) is 30.7 Å². The monoisotopic (exact) mass is 203 g/mol. The highest BCUT2D eigenvalue weighted by atomic mass is 15.0. The number of nitrogens with zero attached hydrogens (tertiary/aromatic N) is 3. The molecule has 80 valence electrons. The molecule has 15 heavy (non-hydrogen) atoms. The van der Waals surface area contributed by atoms with Crippen molar-refractivity contribution in [3.8, 4) is 11.3 Å². The Morgan fingerprint density at radius 1 is 1.27 bits per heavy atom. The first-order valence-electron chi connectivity index (χ1n) is 5.18. The Hall–Kier alpha value is -1.64. The topological polar surface area (TPSA) is 30.7 Å². The van der Waals surface area contributed by atoms with E-state index in [1.807, 2.05) is 56.9 Å². The van der Waals surface area contributed by atoms with Crippen LogP contribution in [-0.2, 0) is 7.05 Å². The van der Waals surface area contributed by atoms with Crippen LogP contribution in [0.1, 0.15) is 19.7 Å². The van der Waals surface area contributed by atoms with Crippen molar-refractivity contribution in [1.82, 2.24) is 14.5 Å². The van der Waals surface area contributed by atoms with Gasteiger partial charge in [-0.2, -0.15) is 0 Å². The van der Waals surface area contributed by atoms with E-state index in [4.69, 9.17) is 0 Å². The van der Waals surface area contributed by atoms with E-state index in [1.165, 1.54) is 0 Å². The van der Waals surface area contributed by atoms with Crippen LogP contribution in [0, 0.1) is 6.92 Å². The first kappa shape index (κ1) is 11.4. The fourth-order valence-electron chi connectivity index (χ4n) is 1.21. The van der Waals surface area contributed by atoms with Crippen molar-refractivity contribution in [2.24, 2.45) is 7.05 Å². The Bertz CT molecular complexity index is 385. The van der Waals surface area contributed by atoms with Crippen molar-refractivity contribution in [1.29, 1.82) is 0 Å². The maximum absolute atomic E-state index is 4.40. The lowest BCUT2D eigenvalue weighted by atomic mass is 10.2. The van der Waals surface area contributed by atoms with E-state index in [-0.39, 0.29) is 0 Å². The average Bonchev–Trinajstić information content (AvgIpc) is 2.63. The van der Waals surface area contributed by atoms with Crippen LogP contribution < -0.4 is 0 Å². The quantitative estimate of drug-likeness (QED) is 0.713. The van der Waals surface area contributed by atoms with Gasteiger partial charge in [0, 0.05) is 31.2 Å². The predicted molar refractivity (Wildman–Crippen MR) is 62.5 cm³/mol. The minimum absolute atomic E-state index is 0.980. The number of hydrogen-bond donors (Lipinski definition) is 0. The molecule has 0 aromatic carbocycles. The zero-order valence-corrected chi connectivity index (χ0v) is 9.73. The number of aryl methyl sites for hydroxylation is 2. The Kier molecular flexibility index (Phi) is 4.03. The molecule has 2 aromatic rings. The maximum Gasteiger partial charge on any atom is 0.105 e. The van der Waals surface area contributed by atoms with Gasteiger partial charge in [-0.15, -0.1) is 0 Å². The van der Waals surface area contributed by atoms with Gasteiger partial charge >= 0.3 is 0 Å². The van der Waals surface area contributed by atoms with E-state index >= 15 is 0 Å². The van der Waals surface area contributed by atoms with Crippen LogP contribution in [0.2, 0.25) is 0 Å². The molecule has 3 nitrogen and oxygen atoms in total. The second-order valence-electron chi connectivity index (χ2n) is 3.03. The van der Waals surface area contributed by atoms with Gasteiger partial charge in [0.1, 0.15) is 5.82 Å². The van der Waals surface area contributed by atoms with E-state index < -0.39 is 0 Å². The van der Waals surface area contributed by atoms with Crippen molar-refractivity contribution in [3.63, 3.8) is 0 Å². The van der Waals surface area contributed by atoms with Crippen LogP contribution in [0.3, 0.4) is 0 Å². The summed E-state index contributed by atoms with van der Waals surface area (Å²) in [7, 11) is 1.99. The molecule has 2 aromatic heterocycles. The molecule has 0 aliphatic carbocycles. The van der Waals surface area contributed by atoms with Gasteiger partial charge in [-0.1, -0.05) is 13.8 Å². The molecule has 2 heterocycles. The average molecular weight is 203 g/mol. The molecule has 0 atom stereocenters. The summed E-state index contributed by atoms with van der Waals surface area (Å²) in [5.74, 6) is 1.01. The van der Waals surface area contributed by atoms with Gasteiger partial charge in [0.2, 0.25) is 0 Å². The highest BCUT2D eigenvalue weighted by Crippen LogP contribution is 2.15. The van der Waals surface area contributed by atoms with Crippen molar-refractivity contribution in [2.45, 2.75) is 20.8 Å². The summed E-state index contributed by atoms with van der Waals surface area (Å²) in [5, 5.41) is 0. The second kappa shape index (κ2) is 5.29. The SMILES string of the molecule is CC.Cc1nc(-c2cccnc2)cn1C. The summed E-state index contributed by atoms with van der Waals surface area (Å²) < 4.78 is 2.00. The number of imidazole rings is 1. The van der Waals surface area contributed by atoms with Gasteiger partial charge in [-0.05, 0) is 19.1 Å². The van der Waals surface area contributed by atoms with E-state index in [0.717, 1.165) is 17.1 Å². The minimum atomic E-state index is 0.980. The third kappa shape index (κ3) is 2.65. The summed E-state index contributed by atoms with van der Waals surface area (Å²) in [6, 6.07) is 3.92. The molecule has 0 bridgehead atoms.